The maximum absolute atomic E-state index is 9.92. The summed E-state index contributed by atoms with van der Waals surface area (Å²) in [5.41, 5.74) is 0. The van der Waals surface area contributed by atoms with Crippen LogP contribution in [0.1, 0.15) is 19.3 Å². The number of unbranched alkanes of at least 4 members (excludes halogenated alkanes) is 2. The Hall–Kier alpha value is -0.500. The molecule has 0 aliphatic heterocycles. The monoisotopic (exact) mass is 162 g/mol. The van der Waals surface area contributed by atoms with E-state index in [1.54, 1.807) is 6.08 Å². The first-order valence-electron chi connectivity index (χ1n) is 3.23. The van der Waals surface area contributed by atoms with Gasteiger partial charge in [-0.1, -0.05) is 6.08 Å². The summed E-state index contributed by atoms with van der Waals surface area (Å²) in [4.78, 5) is 9.92. The van der Waals surface area contributed by atoms with E-state index in [2.05, 4.69) is 0 Å². The molecule has 0 aromatic heterocycles. The number of carbonyl (C=O) groups is 1. The van der Waals surface area contributed by atoms with Crippen molar-refractivity contribution in [3.63, 3.8) is 0 Å². The van der Waals surface area contributed by atoms with Gasteiger partial charge in [-0.05, 0) is 19.3 Å². The highest BCUT2D eigenvalue weighted by Gasteiger charge is 1.85. The van der Waals surface area contributed by atoms with Crippen molar-refractivity contribution in [1.29, 1.82) is 0 Å². The van der Waals surface area contributed by atoms with Crippen LogP contribution in [-0.4, -0.2) is 17.0 Å². The van der Waals surface area contributed by atoms with Gasteiger partial charge in [0, 0.05) is 12.0 Å². The number of carboxylic acids is 1. The standard InChI is InChI=1S/C7H11ClO2/c8-6-4-2-1-3-5-7(9)10/h3,5H,1-2,4,6H2,(H,9,10)/b5-3+. The second kappa shape index (κ2) is 6.62. The van der Waals surface area contributed by atoms with Crippen LogP contribution >= 0.6 is 11.6 Å². The van der Waals surface area contributed by atoms with Gasteiger partial charge in [-0.3, -0.25) is 0 Å². The molecular formula is C7H11ClO2. The molecule has 0 radical (unpaired) electrons. The number of hydrogen-bond donors (Lipinski definition) is 1. The highest BCUT2D eigenvalue weighted by Crippen LogP contribution is 1.97. The van der Waals surface area contributed by atoms with Gasteiger partial charge in [0.15, 0.2) is 0 Å². The fraction of sp³-hybridized carbons (Fsp3) is 0.571. The molecule has 10 heavy (non-hydrogen) atoms. The van der Waals surface area contributed by atoms with E-state index in [9.17, 15) is 4.79 Å². The number of alkyl halides is 1. The summed E-state index contributed by atoms with van der Waals surface area (Å²) in [7, 11) is 0. The van der Waals surface area contributed by atoms with E-state index in [0.717, 1.165) is 25.3 Å². The summed E-state index contributed by atoms with van der Waals surface area (Å²) >= 11 is 5.40. The van der Waals surface area contributed by atoms with Crippen molar-refractivity contribution in [3.05, 3.63) is 12.2 Å². The molecule has 0 aliphatic carbocycles. The lowest BCUT2D eigenvalue weighted by molar-refractivity contribution is -0.131. The highest BCUT2D eigenvalue weighted by molar-refractivity contribution is 6.17. The van der Waals surface area contributed by atoms with Crippen LogP contribution in [0.3, 0.4) is 0 Å². The third kappa shape index (κ3) is 7.50. The summed E-state index contributed by atoms with van der Waals surface area (Å²) in [6.45, 7) is 0. The molecular weight excluding hydrogens is 152 g/mol. The zero-order valence-corrected chi connectivity index (χ0v) is 6.47. The molecule has 0 heterocycles. The summed E-state index contributed by atoms with van der Waals surface area (Å²) in [6, 6.07) is 0. The third-order valence-corrected chi connectivity index (χ3v) is 1.28. The van der Waals surface area contributed by atoms with Gasteiger partial charge >= 0.3 is 5.97 Å². The number of rotatable bonds is 5. The molecule has 0 saturated carbocycles. The Morgan fingerprint density at radius 3 is 2.70 bits per heavy atom. The number of aliphatic carboxylic acids is 1. The van der Waals surface area contributed by atoms with Crippen LogP contribution in [0.2, 0.25) is 0 Å². The molecule has 0 aromatic rings. The van der Waals surface area contributed by atoms with E-state index >= 15 is 0 Å². The second-order valence-corrected chi connectivity index (χ2v) is 2.30. The average molecular weight is 163 g/mol. The van der Waals surface area contributed by atoms with Crippen molar-refractivity contribution >= 4 is 17.6 Å². The van der Waals surface area contributed by atoms with E-state index in [0.29, 0.717) is 5.88 Å². The number of halogens is 1. The minimum Gasteiger partial charge on any atom is -0.478 e. The molecule has 0 fully saturated rings. The highest BCUT2D eigenvalue weighted by atomic mass is 35.5. The van der Waals surface area contributed by atoms with Gasteiger partial charge in [0.2, 0.25) is 0 Å². The normalized spacial score (nSPS) is 10.5. The van der Waals surface area contributed by atoms with Crippen LogP contribution in [0.5, 0.6) is 0 Å². The molecule has 0 atom stereocenters. The second-order valence-electron chi connectivity index (χ2n) is 1.93. The quantitative estimate of drug-likeness (QED) is 0.382. The van der Waals surface area contributed by atoms with Crippen LogP contribution in [0.25, 0.3) is 0 Å². The molecule has 0 aromatic carbocycles. The Morgan fingerprint density at radius 2 is 2.20 bits per heavy atom. The lowest BCUT2D eigenvalue weighted by Crippen LogP contribution is -1.85. The molecule has 0 rings (SSSR count). The Bertz CT molecular complexity index is 121. The van der Waals surface area contributed by atoms with Crippen molar-refractivity contribution in [3.8, 4) is 0 Å². The van der Waals surface area contributed by atoms with Gasteiger partial charge in [0.25, 0.3) is 0 Å². The molecule has 0 unspecified atom stereocenters. The Labute approximate surface area is 65.5 Å². The SMILES string of the molecule is O=C(O)/C=C/CCCCCl. The summed E-state index contributed by atoms with van der Waals surface area (Å²) < 4.78 is 0. The van der Waals surface area contributed by atoms with Crippen LogP contribution in [-0.2, 0) is 4.79 Å². The maximum Gasteiger partial charge on any atom is 0.327 e. The Morgan fingerprint density at radius 1 is 1.50 bits per heavy atom. The molecule has 2 nitrogen and oxygen atoms in total. The van der Waals surface area contributed by atoms with Crippen molar-refractivity contribution < 1.29 is 9.90 Å². The minimum atomic E-state index is -0.883. The van der Waals surface area contributed by atoms with Crippen molar-refractivity contribution in [2.75, 3.05) is 5.88 Å². The predicted molar refractivity (Wildman–Crippen MR) is 41.3 cm³/mol. The first-order valence-corrected chi connectivity index (χ1v) is 3.76. The van der Waals surface area contributed by atoms with Gasteiger partial charge in [-0.15, -0.1) is 11.6 Å². The van der Waals surface area contributed by atoms with Gasteiger partial charge in [0.05, 0.1) is 0 Å². The molecule has 0 bridgehead atoms. The molecule has 0 aliphatic rings. The topological polar surface area (TPSA) is 37.3 Å². The smallest absolute Gasteiger partial charge is 0.327 e. The van der Waals surface area contributed by atoms with E-state index in [-0.39, 0.29) is 0 Å². The lowest BCUT2D eigenvalue weighted by Gasteiger charge is -1.88. The first-order chi connectivity index (χ1) is 4.77. The van der Waals surface area contributed by atoms with Gasteiger partial charge in [-0.2, -0.15) is 0 Å². The number of carboxylic acid groups (broad SMARTS) is 1. The van der Waals surface area contributed by atoms with Crippen molar-refractivity contribution in [2.45, 2.75) is 19.3 Å². The maximum atomic E-state index is 9.92. The molecule has 0 spiro atoms. The van der Waals surface area contributed by atoms with E-state index < -0.39 is 5.97 Å². The number of hydrogen-bond acceptors (Lipinski definition) is 1. The lowest BCUT2D eigenvalue weighted by atomic mass is 10.2. The van der Waals surface area contributed by atoms with Crippen LogP contribution < -0.4 is 0 Å². The van der Waals surface area contributed by atoms with E-state index in [4.69, 9.17) is 16.7 Å². The summed E-state index contributed by atoms with van der Waals surface area (Å²) in [6.07, 6.45) is 5.53. The molecule has 58 valence electrons. The molecule has 1 N–H and O–H groups in total. The van der Waals surface area contributed by atoms with E-state index in [1.807, 2.05) is 0 Å². The predicted octanol–water partition coefficient (Wildman–Crippen LogP) is 2.04. The van der Waals surface area contributed by atoms with Crippen LogP contribution in [0.4, 0.5) is 0 Å². The largest absolute Gasteiger partial charge is 0.478 e. The summed E-state index contributed by atoms with van der Waals surface area (Å²) in [5, 5.41) is 8.16. The fourth-order valence-corrected chi connectivity index (χ4v) is 0.730. The van der Waals surface area contributed by atoms with Gasteiger partial charge in [-0.25, -0.2) is 4.79 Å². The van der Waals surface area contributed by atoms with Gasteiger partial charge < -0.3 is 5.11 Å². The van der Waals surface area contributed by atoms with Crippen LogP contribution in [0, 0.1) is 0 Å². The Balaban J connectivity index is 3.10. The van der Waals surface area contributed by atoms with Gasteiger partial charge in [0.1, 0.15) is 0 Å². The average Bonchev–Trinajstić information content (AvgIpc) is 1.87. The Kier molecular flexibility index (Phi) is 6.29. The van der Waals surface area contributed by atoms with Crippen molar-refractivity contribution in [1.82, 2.24) is 0 Å². The van der Waals surface area contributed by atoms with E-state index in [1.165, 1.54) is 0 Å². The van der Waals surface area contributed by atoms with Crippen LogP contribution in [0.15, 0.2) is 12.2 Å². The fourth-order valence-electron chi connectivity index (χ4n) is 0.541. The summed E-state index contributed by atoms with van der Waals surface area (Å²) in [5.74, 6) is -0.230. The number of allylic oxidation sites excluding steroid dienone is 1. The zero-order chi connectivity index (χ0) is 7.82. The first kappa shape index (κ1) is 9.50. The molecule has 0 amide bonds. The zero-order valence-electron chi connectivity index (χ0n) is 5.72. The molecule has 3 heteroatoms. The van der Waals surface area contributed by atoms with Crippen molar-refractivity contribution in [2.24, 2.45) is 0 Å². The minimum absolute atomic E-state index is 0.654. The molecule has 0 saturated heterocycles. The third-order valence-electron chi connectivity index (χ3n) is 1.01.